The Kier molecular flexibility index (Phi) is 3.91. The number of nitrogens with two attached hydrogens (primary N) is 1. The van der Waals surface area contributed by atoms with Crippen molar-refractivity contribution in [2.75, 3.05) is 12.8 Å². The van der Waals surface area contributed by atoms with Crippen LogP contribution in [0.2, 0.25) is 0 Å². The highest BCUT2D eigenvalue weighted by molar-refractivity contribution is 9.10. The van der Waals surface area contributed by atoms with Crippen LogP contribution in [0.1, 0.15) is 26.1 Å². The van der Waals surface area contributed by atoms with E-state index in [2.05, 4.69) is 26.1 Å². The summed E-state index contributed by atoms with van der Waals surface area (Å²) >= 11 is 3.35. The SMILES string of the molecule is CCC(C)(OC)c1noc(-c2ccc(Br)c(N)c2)n1. The third kappa shape index (κ3) is 2.64. The van der Waals surface area contributed by atoms with Gasteiger partial charge in [-0.3, -0.25) is 0 Å². The lowest BCUT2D eigenvalue weighted by Crippen LogP contribution is -2.24. The van der Waals surface area contributed by atoms with Crippen LogP contribution in [0.25, 0.3) is 11.5 Å². The van der Waals surface area contributed by atoms with Crippen molar-refractivity contribution in [3.63, 3.8) is 0 Å². The van der Waals surface area contributed by atoms with Crippen molar-refractivity contribution >= 4 is 21.6 Å². The van der Waals surface area contributed by atoms with Gasteiger partial charge in [-0.05, 0) is 47.5 Å². The molecule has 0 saturated carbocycles. The summed E-state index contributed by atoms with van der Waals surface area (Å²) in [5, 5.41) is 3.99. The van der Waals surface area contributed by atoms with Crippen LogP contribution >= 0.6 is 15.9 Å². The molecule has 2 rings (SSSR count). The summed E-state index contributed by atoms with van der Waals surface area (Å²) in [5.74, 6) is 0.972. The minimum absolute atomic E-state index is 0.436. The Labute approximate surface area is 120 Å². The van der Waals surface area contributed by atoms with Gasteiger partial charge in [0.05, 0.1) is 0 Å². The zero-order valence-electron chi connectivity index (χ0n) is 11.1. The van der Waals surface area contributed by atoms with Crippen molar-refractivity contribution in [1.29, 1.82) is 0 Å². The molecule has 2 aromatic rings. The molecule has 1 aromatic carbocycles. The van der Waals surface area contributed by atoms with Crippen LogP contribution in [0.4, 0.5) is 5.69 Å². The number of nitrogens with zero attached hydrogens (tertiary/aromatic N) is 2. The molecule has 102 valence electrons. The lowest BCUT2D eigenvalue weighted by molar-refractivity contribution is -0.0106. The Balaban J connectivity index is 2.38. The molecular weight excluding hydrogens is 310 g/mol. The number of hydrogen-bond donors (Lipinski definition) is 1. The number of hydrogen-bond acceptors (Lipinski definition) is 5. The number of methoxy groups -OCH3 is 1. The molecule has 0 saturated heterocycles. The smallest absolute Gasteiger partial charge is 0.258 e. The first kappa shape index (κ1) is 14.0. The summed E-state index contributed by atoms with van der Waals surface area (Å²) in [7, 11) is 1.64. The topological polar surface area (TPSA) is 74.2 Å². The van der Waals surface area contributed by atoms with Gasteiger partial charge in [0.25, 0.3) is 5.89 Å². The lowest BCUT2D eigenvalue weighted by Gasteiger charge is -2.21. The molecule has 5 nitrogen and oxygen atoms in total. The van der Waals surface area contributed by atoms with Crippen LogP contribution in [-0.4, -0.2) is 17.3 Å². The molecule has 1 unspecified atom stereocenters. The maximum Gasteiger partial charge on any atom is 0.258 e. The van der Waals surface area contributed by atoms with E-state index in [0.29, 0.717) is 17.4 Å². The van der Waals surface area contributed by atoms with E-state index < -0.39 is 5.60 Å². The van der Waals surface area contributed by atoms with Crippen molar-refractivity contribution < 1.29 is 9.26 Å². The van der Waals surface area contributed by atoms with E-state index in [-0.39, 0.29) is 0 Å². The molecule has 1 heterocycles. The molecule has 0 radical (unpaired) electrons. The van der Waals surface area contributed by atoms with Gasteiger partial charge in [0.2, 0.25) is 5.82 Å². The normalized spacial score (nSPS) is 14.3. The number of aromatic nitrogens is 2. The second-order valence-corrected chi connectivity index (χ2v) is 5.30. The van der Waals surface area contributed by atoms with Gasteiger partial charge in [-0.25, -0.2) is 0 Å². The minimum Gasteiger partial charge on any atom is -0.398 e. The molecule has 1 aromatic heterocycles. The highest BCUT2D eigenvalue weighted by atomic mass is 79.9. The largest absolute Gasteiger partial charge is 0.398 e. The van der Waals surface area contributed by atoms with Gasteiger partial charge in [-0.2, -0.15) is 4.98 Å². The summed E-state index contributed by atoms with van der Waals surface area (Å²) in [4.78, 5) is 4.39. The van der Waals surface area contributed by atoms with Crippen LogP contribution in [0.5, 0.6) is 0 Å². The Morgan fingerprint density at radius 1 is 1.47 bits per heavy atom. The highest BCUT2D eigenvalue weighted by Crippen LogP contribution is 2.30. The van der Waals surface area contributed by atoms with Crippen molar-refractivity contribution in [1.82, 2.24) is 10.1 Å². The van der Waals surface area contributed by atoms with E-state index in [4.69, 9.17) is 15.0 Å². The minimum atomic E-state index is -0.539. The average molecular weight is 326 g/mol. The monoisotopic (exact) mass is 325 g/mol. The molecule has 0 aliphatic carbocycles. The standard InChI is InChI=1S/C13H16BrN3O2/c1-4-13(2,18-3)12-16-11(19-17-12)8-5-6-9(14)10(15)7-8/h5-7H,4,15H2,1-3H3. The van der Waals surface area contributed by atoms with Gasteiger partial charge in [-0.1, -0.05) is 12.1 Å². The average Bonchev–Trinajstić information content (AvgIpc) is 2.91. The molecule has 0 spiro atoms. The van der Waals surface area contributed by atoms with E-state index in [1.54, 1.807) is 13.2 Å². The van der Waals surface area contributed by atoms with Crippen LogP contribution in [-0.2, 0) is 10.3 Å². The van der Waals surface area contributed by atoms with E-state index in [1.807, 2.05) is 26.0 Å². The number of nitrogen functional groups attached to an aromatic ring is 1. The third-order valence-electron chi connectivity index (χ3n) is 3.27. The molecule has 0 aliphatic rings. The van der Waals surface area contributed by atoms with E-state index >= 15 is 0 Å². The quantitative estimate of drug-likeness (QED) is 0.872. The van der Waals surface area contributed by atoms with Crippen molar-refractivity contribution in [2.45, 2.75) is 25.9 Å². The molecule has 0 fully saturated rings. The lowest BCUT2D eigenvalue weighted by atomic mass is 10.0. The Hall–Kier alpha value is -1.40. The molecular formula is C13H16BrN3O2. The first-order valence-electron chi connectivity index (χ1n) is 5.95. The van der Waals surface area contributed by atoms with E-state index in [1.165, 1.54) is 0 Å². The van der Waals surface area contributed by atoms with Crippen LogP contribution < -0.4 is 5.73 Å². The third-order valence-corrected chi connectivity index (χ3v) is 3.99. The predicted molar refractivity (Wildman–Crippen MR) is 76.5 cm³/mol. The van der Waals surface area contributed by atoms with Gasteiger partial charge in [0.15, 0.2) is 0 Å². The summed E-state index contributed by atoms with van der Waals surface area (Å²) in [6.45, 7) is 3.94. The van der Waals surface area contributed by atoms with Gasteiger partial charge in [0, 0.05) is 22.8 Å². The zero-order chi connectivity index (χ0) is 14.0. The Bertz CT molecular complexity index is 579. The highest BCUT2D eigenvalue weighted by Gasteiger charge is 2.30. The second kappa shape index (κ2) is 5.30. The molecule has 0 aliphatic heterocycles. The molecule has 1 atom stereocenters. The predicted octanol–water partition coefficient (Wildman–Crippen LogP) is 3.35. The summed E-state index contributed by atoms with van der Waals surface area (Å²) < 4.78 is 11.6. The first-order chi connectivity index (χ1) is 9.00. The maximum absolute atomic E-state index is 5.84. The zero-order valence-corrected chi connectivity index (χ0v) is 12.7. The summed E-state index contributed by atoms with van der Waals surface area (Å²) in [6, 6.07) is 5.51. The number of ether oxygens (including phenoxy) is 1. The van der Waals surface area contributed by atoms with Gasteiger partial charge in [-0.15, -0.1) is 0 Å². The van der Waals surface area contributed by atoms with Crippen LogP contribution in [0.3, 0.4) is 0 Å². The summed E-state index contributed by atoms with van der Waals surface area (Å²) in [5.41, 5.74) is 6.72. The maximum atomic E-state index is 5.84. The second-order valence-electron chi connectivity index (χ2n) is 4.45. The van der Waals surface area contributed by atoms with Crippen molar-refractivity contribution in [2.24, 2.45) is 0 Å². The Morgan fingerprint density at radius 3 is 2.79 bits per heavy atom. The fourth-order valence-corrected chi connectivity index (χ4v) is 1.87. The first-order valence-corrected chi connectivity index (χ1v) is 6.74. The fraction of sp³-hybridized carbons (Fsp3) is 0.385. The van der Waals surface area contributed by atoms with Gasteiger partial charge < -0.3 is 15.0 Å². The molecule has 6 heteroatoms. The van der Waals surface area contributed by atoms with E-state index in [9.17, 15) is 0 Å². The number of halogens is 1. The molecule has 2 N–H and O–H groups in total. The van der Waals surface area contributed by atoms with Crippen LogP contribution in [0.15, 0.2) is 27.2 Å². The number of rotatable bonds is 4. The number of benzene rings is 1. The van der Waals surface area contributed by atoms with E-state index in [0.717, 1.165) is 16.5 Å². The molecule has 19 heavy (non-hydrogen) atoms. The van der Waals surface area contributed by atoms with Gasteiger partial charge >= 0.3 is 0 Å². The van der Waals surface area contributed by atoms with Crippen LogP contribution in [0, 0.1) is 0 Å². The fourth-order valence-electron chi connectivity index (χ4n) is 1.63. The number of anilines is 1. The van der Waals surface area contributed by atoms with Crippen molar-refractivity contribution in [3.8, 4) is 11.5 Å². The van der Waals surface area contributed by atoms with Crippen molar-refractivity contribution in [3.05, 3.63) is 28.5 Å². The summed E-state index contributed by atoms with van der Waals surface area (Å²) in [6.07, 6.45) is 0.755. The molecule has 0 bridgehead atoms. The molecule has 0 amide bonds. The van der Waals surface area contributed by atoms with Gasteiger partial charge in [0.1, 0.15) is 5.60 Å². The Morgan fingerprint density at radius 2 is 2.21 bits per heavy atom.